The monoisotopic (exact) mass is 350 g/mol. The number of hydrogen-bond acceptors (Lipinski definition) is 4. The normalized spacial score (nSPS) is 11.0. The number of nitrogens with zero attached hydrogens (tertiary/aromatic N) is 1. The number of rotatable bonds is 6. The van der Waals surface area contributed by atoms with Crippen LogP contribution >= 0.6 is 0 Å². The topological polar surface area (TPSA) is 85.3 Å². The second-order valence-corrected chi connectivity index (χ2v) is 6.11. The molecule has 0 spiro atoms. The molecule has 2 rings (SSSR count). The molecular formula is C21H22N2O3. The Kier molecular flexibility index (Phi) is 6.03. The third-order valence-corrected chi connectivity index (χ3v) is 4.10. The van der Waals surface area contributed by atoms with E-state index in [9.17, 15) is 4.79 Å². The molecule has 0 atom stereocenters. The first kappa shape index (κ1) is 19.1. The van der Waals surface area contributed by atoms with Crippen molar-refractivity contribution in [2.45, 2.75) is 27.4 Å². The van der Waals surface area contributed by atoms with E-state index in [4.69, 9.17) is 20.5 Å². The smallest absolute Gasteiger partial charge is 0.259 e. The van der Waals surface area contributed by atoms with Crippen LogP contribution < -0.4 is 15.2 Å². The van der Waals surface area contributed by atoms with Crippen LogP contribution in [0.4, 0.5) is 0 Å². The van der Waals surface area contributed by atoms with E-state index in [1.54, 1.807) is 24.3 Å². The second kappa shape index (κ2) is 8.21. The van der Waals surface area contributed by atoms with E-state index in [-0.39, 0.29) is 5.57 Å². The molecule has 0 aliphatic rings. The highest BCUT2D eigenvalue weighted by Gasteiger charge is 2.10. The number of aryl methyl sites for hydroxylation is 3. The Morgan fingerprint density at radius 1 is 1.15 bits per heavy atom. The van der Waals surface area contributed by atoms with Crippen molar-refractivity contribution in [2.75, 3.05) is 7.11 Å². The van der Waals surface area contributed by atoms with Crippen LogP contribution in [0.3, 0.4) is 0 Å². The van der Waals surface area contributed by atoms with Gasteiger partial charge in [0.25, 0.3) is 5.91 Å². The summed E-state index contributed by atoms with van der Waals surface area (Å²) in [4.78, 5) is 11.2. The molecule has 0 radical (unpaired) electrons. The van der Waals surface area contributed by atoms with Crippen molar-refractivity contribution in [1.82, 2.24) is 0 Å². The molecule has 2 N–H and O–H groups in total. The van der Waals surface area contributed by atoms with E-state index in [0.29, 0.717) is 23.7 Å². The van der Waals surface area contributed by atoms with Gasteiger partial charge in [0.1, 0.15) is 18.2 Å². The maximum absolute atomic E-state index is 11.2. The number of methoxy groups -OCH3 is 1. The predicted octanol–water partition coefficient (Wildman–Crippen LogP) is 3.59. The number of nitrogens with two attached hydrogens (primary N) is 1. The molecule has 2 aromatic rings. The fourth-order valence-electron chi connectivity index (χ4n) is 2.81. The van der Waals surface area contributed by atoms with Crippen LogP contribution in [0.15, 0.2) is 35.9 Å². The van der Waals surface area contributed by atoms with Gasteiger partial charge < -0.3 is 15.2 Å². The van der Waals surface area contributed by atoms with Gasteiger partial charge in [0, 0.05) is 0 Å². The van der Waals surface area contributed by atoms with Crippen LogP contribution in [0.5, 0.6) is 11.5 Å². The highest BCUT2D eigenvalue weighted by Crippen LogP contribution is 2.30. The molecule has 26 heavy (non-hydrogen) atoms. The van der Waals surface area contributed by atoms with Gasteiger partial charge in [-0.3, -0.25) is 4.79 Å². The molecule has 0 unspecified atom stereocenters. The Labute approximate surface area is 153 Å². The van der Waals surface area contributed by atoms with E-state index in [1.165, 1.54) is 29.9 Å². The summed E-state index contributed by atoms with van der Waals surface area (Å²) in [5, 5.41) is 8.95. The molecule has 0 aromatic heterocycles. The minimum atomic E-state index is -0.767. The maximum atomic E-state index is 11.2. The van der Waals surface area contributed by atoms with E-state index in [2.05, 4.69) is 32.9 Å². The third kappa shape index (κ3) is 4.42. The van der Waals surface area contributed by atoms with Gasteiger partial charge in [-0.2, -0.15) is 5.26 Å². The first-order valence-electron chi connectivity index (χ1n) is 8.15. The van der Waals surface area contributed by atoms with Crippen LogP contribution in [-0.2, 0) is 11.4 Å². The Morgan fingerprint density at radius 3 is 2.35 bits per heavy atom. The molecule has 0 heterocycles. The van der Waals surface area contributed by atoms with E-state index >= 15 is 0 Å². The Hall–Kier alpha value is -3.26. The standard InChI is InChI=1S/C21H22N2O3/c1-13-7-14(2)18(15(3)8-13)12-26-19-6-5-16(10-20(19)25-4)9-17(11-22)21(23)24/h5-10H,12H2,1-4H3,(H2,23,24)/b17-9+. The summed E-state index contributed by atoms with van der Waals surface area (Å²) in [6.07, 6.45) is 1.42. The van der Waals surface area contributed by atoms with Crippen LogP contribution in [0.25, 0.3) is 6.08 Å². The zero-order chi connectivity index (χ0) is 19.3. The third-order valence-electron chi connectivity index (χ3n) is 4.10. The van der Waals surface area contributed by atoms with Crippen LogP contribution in [0, 0.1) is 32.1 Å². The molecule has 0 saturated carbocycles. The lowest BCUT2D eigenvalue weighted by Crippen LogP contribution is -2.12. The van der Waals surface area contributed by atoms with Crippen molar-refractivity contribution in [1.29, 1.82) is 5.26 Å². The van der Waals surface area contributed by atoms with Gasteiger partial charge in [0.2, 0.25) is 0 Å². The second-order valence-electron chi connectivity index (χ2n) is 6.11. The number of hydrogen-bond donors (Lipinski definition) is 1. The average Bonchev–Trinajstić information content (AvgIpc) is 2.59. The lowest BCUT2D eigenvalue weighted by Gasteiger charge is -2.15. The molecule has 0 aliphatic carbocycles. The molecule has 134 valence electrons. The first-order valence-corrected chi connectivity index (χ1v) is 8.15. The summed E-state index contributed by atoms with van der Waals surface area (Å²) >= 11 is 0. The minimum Gasteiger partial charge on any atom is -0.493 e. The van der Waals surface area contributed by atoms with Crippen molar-refractivity contribution in [2.24, 2.45) is 5.73 Å². The van der Waals surface area contributed by atoms with Crippen molar-refractivity contribution < 1.29 is 14.3 Å². The molecular weight excluding hydrogens is 328 g/mol. The summed E-state index contributed by atoms with van der Waals surface area (Å²) in [5.41, 5.74) is 10.4. The van der Waals surface area contributed by atoms with Crippen LogP contribution in [0.2, 0.25) is 0 Å². The fraction of sp³-hybridized carbons (Fsp3) is 0.238. The predicted molar refractivity (Wildman–Crippen MR) is 101 cm³/mol. The highest BCUT2D eigenvalue weighted by atomic mass is 16.5. The Morgan fingerprint density at radius 2 is 1.81 bits per heavy atom. The lowest BCUT2D eigenvalue weighted by atomic mass is 10.0. The van der Waals surface area contributed by atoms with Gasteiger partial charge in [-0.25, -0.2) is 0 Å². The summed E-state index contributed by atoms with van der Waals surface area (Å²) in [6.45, 7) is 6.63. The summed E-state index contributed by atoms with van der Waals surface area (Å²) in [5.74, 6) is 0.335. The van der Waals surface area contributed by atoms with Crippen molar-refractivity contribution in [3.63, 3.8) is 0 Å². The SMILES string of the molecule is COc1cc(/C=C(\C#N)C(N)=O)ccc1OCc1c(C)cc(C)cc1C. The summed E-state index contributed by atoms with van der Waals surface area (Å²) in [6, 6.07) is 11.2. The highest BCUT2D eigenvalue weighted by molar-refractivity contribution is 6.00. The van der Waals surface area contributed by atoms with E-state index in [1.807, 2.05) is 0 Å². The maximum Gasteiger partial charge on any atom is 0.259 e. The van der Waals surface area contributed by atoms with Gasteiger partial charge in [0.05, 0.1) is 7.11 Å². The van der Waals surface area contributed by atoms with Crippen molar-refractivity contribution in [3.8, 4) is 17.6 Å². The quantitative estimate of drug-likeness (QED) is 0.637. The van der Waals surface area contributed by atoms with Gasteiger partial charge in [-0.15, -0.1) is 0 Å². The molecule has 0 aliphatic heterocycles. The zero-order valence-electron chi connectivity index (χ0n) is 15.4. The number of carbonyl (C=O) groups excluding carboxylic acids is 1. The largest absolute Gasteiger partial charge is 0.493 e. The summed E-state index contributed by atoms with van der Waals surface area (Å²) in [7, 11) is 1.54. The number of nitriles is 1. The summed E-state index contributed by atoms with van der Waals surface area (Å²) < 4.78 is 11.3. The molecule has 5 heteroatoms. The molecule has 0 saturated heterocycles. The zero-order valence-corrected chi connectivity index (χ0v) is 15.4. The first-order chi connectivity index (χ1) is 12.3. The number of carbonyl (C=O) groups is 1. The van der Waals surface area contributed by atoms with Gasteiger partial charge in [-0.1, -0.05) is 23.8 Å². The van der Waals surface area contributed by atoms with Crippen LogP contribution in [0.1, 0.15) is 27.8 Å². The fourth-order valence-corrected chi connectivity index (χ4v) is 2.81. The lowest BCUT2D eigenvalue weighted by molar-refractivity contribution is -0.114. The van der Waals surface area contributed by atoms with Gasteiger partial charge in [-0.05, 0) is 61.2 Å². The molecule has 0 fully saturated rings. The number of benzene rings is 2. The molecule has 5 nitrogen and oxygen atoms in total. The van der Waals surface area contributed by atoms with E-state index in [0.717, 1.165) is 5.56 Å². The number of ether oxygens (including phenoxy) is 2. The molecule has 0 bridgehead atoms. The van der Waals surface area contributed by atoms with Gasteiger partial charge in [0.15, 0.2) is 11.5 Å². The van der Waals surface area contributed by atoms with Crippen LogP contribution in [-0.4, -0.2) is 13.0 Å². The van der Waals surface area contributed by atoms with Crippen molar-refractivity contribution in [3.05, 3.63) is 63.7 Å². The van der Waals surface area contributed by atoms with Gasteiger partial charge >= 0.3 is 0 Å². The molecule has 1 amide bonds. The van der Waals surface area contributed by atoms with E-state index < -0.39 is 5.91 Å². The number of primary amides is 1. The number of amides is 1. The Balaban J connectivity index is 2.26. The Bertz CT molecular complexity index is 885. The average molecular weight is 350 g/mol. The minimum absolute atomic E-state index is 0.119. The van der Waals surface area contributed by atoms with Crippen molar-refractivity contribution >= 4 is 12.0 Å². The molecule has 2 aromatic carbocycles.